The summed E-state index contributed by atoms with van der Waals surface area (Å²) in [6, 6.07) is 4.71. The average Bonchev–Trinajstić information content (AvgIpc) is 2.44. The van der Waals surface area contributed by atoms with Crippen LogP contribution in [-0.2, 0) is 14.3 Å². The van der Waals surface area contributed by atoms with Gasteiger partial charge in [0.2, 0.25) is 0 Å². The summed E-state index contributed by atoms with van der Waals surface area (Å²) in [5.74, 6) is -0.0435. The van der Waals surface area contributed by atoms with Gasteiger partial charge in [0.15, 0.2) is 12.1 Å². The van der Waals surface area contributed by atoms with Crippen LogP contribution in [0.25, 0.3) is 0 Å². The Kier molecular flexibility index (Phi) is 7.56. The van der Waals surface area contributed by atoms with Gasteiger partial charge in [0.25, 0.3) is 0 Å². The Balaban J connectivity index is 2.82. The predicted octanol–water partition coefficient (Wildman–Crippen LogP) is 2.59. The van der Waals surface area contributed by atoms with Crippen LogP contribution in [-0.4, -0.2) is 37.9 Å². The number of benzene rings is 1. The highest BCUT2D eigenvalue weighted by molar-refractivity contribution is 5.97. The molecule has 1 rings (SSSR count). The first kappa shape index (κ1) is 18.1. The molecule has 0 N–H and O–H groups in total. The van der Waals surface area contributed by atoms with E-state index in [2.05, 4.69) is 0 Å². The molecule has 0 aliphatic heterocycles. The SMILES string of the molecule is CCOC(COc1ccc(C(C)=O)c(OC(C)=O)c1)OCC. The van der Waals surface area contributed by atoms with Crippen molar-refractivity contribution in [2.75, 3.05) is 19.8 Å². The number of carbonyl (C=O) groups is 2. The summed E-state index contributed by atoms with van der Waals surface area (Å²) in [7, 11) is 0. The third-order valence-corrected chi connectivity index (χ3v) is 2.68. The molecular formula is C16H22O6. The fourth-order valence-electron chi connectivity index (χ4n) is 1.80. The third kappa shape index (κ3) is 5.83. The minimum Gasteiger partial charge on any atom is -0.488 e. The highest BCUT2D eigenvalue weighted by Crippen LogP contribution is 2.26. The molecule has 0 bridgehead atoms. The number of hydrogen-bond donors (Lipinski definition) is 0. The van der Waals surface area contributed by atoms with Crippen LogP contribution in [0.15, 0.2) is 18.2 Å². The van der Waals surface area contributed by atoms with E-state index < -0.39 is 12.3 Å². The zero-order valence-corrected chi connectivity index (χ0v) is 13.4. The van der Waals surface area contributed by atoms with Gasteiger partial charge in [-0.25, -0.2) is 0 Å². The molecule has 0 saturated heterocycles. The zero-order valence-electron chi connectivity index (χ0n) is 13.4. The third-order valence-electron chi connectivity index (χ3n) is 2.68. The lowest BCUT2D eigenvalue weighted by Crippen LogP contribution is -2.25. The number of ether oxygens (including phenoxy) is 4. The van der Waals surface area contributed by atoms with Crippen molar-refractivity contribution in [2.45, 2.75) is 34.0 Å². The first-order chi connectivity index (χ1) is 10.5. The van der Waals surface area contributed by atoms with Crippen molar-refractivity contribution in [3.8, 4) is 11.5 Å². The van der Waals surface area contributed by atoms with Gasteiger partial charge in [0, 0.05) is 26.2 Å². The maximum absolute atomic E-state index is 11.5. The number of hydrogen-bond acceptors (Lipinski definition) is 6. The normalized spacial score (nSPS) is 10.6. The molecule has 0 aliphatic rings. The second kappa shape index (κ2) is 9.17. The van der Waals surface area contributed by atoms with Crippen molar-refractivity contribution in [3.63, 3.8) is 0 Å². The number of esters is 1. The van der Waals surface area contributed by atoms with Crippen molar-refractivity contribution < 1.29 is 28.5 Å². The summed E-state index contributed by atoms with van der Waals surface area (Å²) in [5.41, 5.74) is 0.328. The van der Waals surface area contributed by atoms with E-state index in [1.165, 1.54) is 19.9 Å². The van der Waals surface area contributed by atoms with Gasteiger partial charge in [-0.15, -0.1) is 0 Å². The minimum atomic E-state index is -0.499. The number of Topliss-reactive ketones (excluding diaryl/α,β-unsaturated/α-hetero) is 1. The molecule has 0 fully saturated rings. The van der Waals surface area contributed by atoms with Crippen LogP contribution < -0.4 is 9.47 Å². The lowest BCUT2D eigenvalue weighted by atomic mass is 10.1. The van der Waals surface area contributed by atoms with Crippen molar-refractivity contribution in [3.05, 3.63) is 23.8 Å². The molecule has 0 spiro atoms. The Bertz CT molecular complexity index is 505. The van der Waals surface area contributed by atoms with Crippen LogP contribution in [0.3, 0.4) is 0 Å². The Hall–Kier alpha value is -1.92. The van der Waals surface area contributed by atoms with Gasteiger partial charge < -0.3 is 18.9 Å². The van der Waals surface area contributed by atoms with Crippen molar-refractivity contribution in [2.24, 2.45) is 0 Å². The summed E-state index contributed by atoms with van der Waals surface area (Å²) in [5, 5.41) is 0. The van der Waals surface area contributed by atoms with Gasteiger partial charge in [-0.2, -0.15) is 0 Å². The van der Waals surface area contributed by atoms with E-state index in [1.54, 1.807) is 12.1 Å². The first-order valence-corrected chi connectivity index (χ1v) is 7.17. The molecule has 0 heterocycles. The molecule has 0 radical (unpaired) electrons. The molecule has 6 heteroatoms. The summed E-state index contributed by atoms with van der Waals surface area (Å²) < 4.78 is 21.4. The van der Waals surface area contributed by atoms with Gasteiger partial charge in [0.1, 0.15) is 18.1 Å². The number of ketones is 1. The van der Waals surface area contributed by atoms with Crippen LogP contribution >= 0.6 is 0 Å². The quantitative estimate of drug-likeness (QED) is 0.302. The van der Waals surface area contributed by atoms with Crippen molar-refractivity contribution in [1.29, 1.82) is 0 Å². The largest absolute Gasteiger partial charge is 0.488 e. The lowest BCUT2D eigenvalue weighted by Gasteiger charge is -2.18. The van der Waals surface area contributed by atoms with Gasteiger partial charge in [-0.1, -0.05) is 0 Å². The summed E-state index contributed by atoms with van der Waals surface area (Å²) >= 11 is 0. The zero-order chi connectivity index (χ0) is 16.5. The molecule has 0 atom stereocenters. The second-order valence-electron chi connectivity index (χ2n) is 4.46. The highest BCUT2D eigenvalue weighted by Gasteiger charge is 2.14. The Morgan fingerprint density at radius 2 is 1.73 bits per heavy atom. The fourth-order valence-corrected chi connectivity index (χ4v) is 1.80. The van der Waals surface area contributed by atoms with E-state index in [1.807, 2.05) is 13.8 Å². The molecule has 122 valence electrons. The smallest absolute Gasteiger partial charge is 0.308 e. The minimum absolute atomic E-state index is 0.182. The van der Waals surface area contributed by atoms with E-state index in [0.29, 0.717) is 24.5 Å². The van der Waals surface area contributed by atoms with Crippen LogP contribution in [0.4, 0.5) is 0 Å². The number of rotatable bonds is 9. The average molecular weight is 310 g/mol. The molecule has 22 heavy (non-hydrogen) atoms. The molecule has 0 aromatic heterocycles. The summed E-state index contributed by atoms with van der Waals surface area (Å²) in [6.45, 7) is 7.63. The van der Waals surface area contributed by atoms with E-state index >= 15 is 0 Å². The standard InChI is InChI=1S/C16H22O6/c1-5-19-16(20-6-2)10-21-13-7-8-14(11(3)17)15(9-13)22-12(4)18/h7-9,16H,5-6,10H2,1-4H3. The first-order valence-electron chi connectivity index (χ1n) is 7.17. The van der Waals surface area contributed by atoms with E-state index in [9.17, 15) is 9.59 Å². The van der Waals surface area contributed by atoms with Crippen molar-refractivity contribution in [1.82, 2.24) is 0 Å². The Labute approximate surface area is 130 Å². The van der Waals surface area contributed by atoms with Gasteiger partial charge in [-0.3, -0.25) is 9.59 Å². The molecule has 0 unspecified atom stereocenters. The van der Waals surface area contributed by atoms with Crippen LogP contribution in [0.5, 0.6) is 11.5 Å². The van der Waals surface area contributed by atoms with E-state index in [-0.39, 0.29) is 18.1 Å². The van der Waals surface area contributed by atoms with E-state index in [0.717, 1.165) is 0 Å². The predicted molar refractivity (Wildman–Crippen MR) is 80.3 cm³/mol. The van der Waals surface area contributed by atoms with Gasteiger partial charge in [0.05, 0.1) is 5.56 Å². The summed E-state index contributed by atoms with van der Waals surface area (Å²) in [4.78, 5) is 22.6. The monoisotopic (exact) mass is 310 g/mol. The maximum Gasteiger partial charge on any atom is 0.308 e. The lowest BCUT2D eigenvalue weighted by molar-refractivity contribution is -0.152. The Morgan fingerprint density at radius 1 is 1.09 bits per heavy atom. The van der Waals surface area contributed by atoms with Crippen LogP contribution in [0, 0.1) is 0 Å². The topological polar surface area (TPSA) is 71.1 Å². The van der Waals surface area contributed by atoms with Crippen LogP contribution in [0.1, 0.15) is 38.1 Å². The molecule has 1 aromatic rings. The summed E-state index contributed by atoms with van der Waals surface area (Å²) in [6.07, 6.45) is -0.473. The molecule has 0 aliphatic carbocycles. The van der Waals surface area contributed by atoms with Gasteiger partial charge in [-0.05, 0) is 32.9 Å². The fraction of sp³-hybridized carbons (Fsp3) is 0.500. The highest BCUT2D eigenvalue weighted by atomic mass is 16.7. The molecule has 1 aromatic carbocycles. The van der Waals surface area contributed by atoms with E-state index in [4.69, 9.17) is 18.9 Å². The van der Waals surface area contributed by atoms with Crippen molar-refractivity contribution >= 4 is 11.8 Å². The molecule has 0 saturated carbocycles. The second-order valence-corrected chi connectivity index (χ2v) is 4.46. The Morgan fingerprint density at radius 3 is 2.23 bits per heavy atom. The maximum atomic E-state index is 11.5. The molecular weight excluding hydrogens is 288 g/mol. The number of carbonyl (C=O) groups excluding carboxylic acids is 2. The van der Waals surface area contributed by atoms with Gasteiger partial charge >= 0.3 is 5.97 Å². The van der Waals surface area contributed by atoms with Crippen LogP contribution in [0.2, 0.25) is 0 Å². The molecule has 6 nitrogen and oxygen atoms in total. The molecule has 0 amide bonds.